The zero-order valence-electron chi connectivity index (χ0n) is 11.5. The third-order valence-electron chi connectivity index (χ3n) is 5.83. The van der Waals surface area contributed by atoms with Crippen LogP contribution in [-0.4, -0.2) is 26.9 Å². The number of alkyl halides is 3. The molecule has 1 N–H and O–H groups in total. The Morgan fingerprint density at radius 1 is 1.20 bits per heavy atom. The average Bonchev–Trinajstić information content (AvgIpc) is 2.58. The predicted octanol–water partition coefficient (Wildman–Crippen LogP) is 3.57. The second-order valence-corrected chi connectivity index (χ2v) is 8.81. The van der Waals surface area contributed by atoms with Crippen molar-refractivity contribution in [2.75, 3.05) is 0 Å². The fourth-order valence-corrected chi connectivity index (χ4v) is 4.07. The number of rotatable bonds is 2. The first kappa shape index (κ1) is 16.2. The summed E-state index contributed by atoms with van der Waals surface area (Å²) in [7, 11) is 0. The second kappa shape index (κ2) is 4.40. The summed E-state index contributed by atoms with van der Waals surface area (Å²) < 4.78 is 3.19. The molecule has 2 saturated carbocycles. The maximum absolute atomic E-state index is 11.8. The second-order valence-electron chi connectivity index (χ2n) is 6.53. The zero-order chi connectivity index (χ0) is 15.6. The number of carboxylic acid groups (broad SMARTS) is 1. The van der Waals surface area contributed by atoms with Gasteiger partial charge in [0, 0.05) is 11.8 Å². The fraction of sp³-hybridized carbons (Fsp3) is 0.846. The summed E-state index contributed by atoms with van der Waals surface area (Å²) in [6, 6.07) is 0. The van der Waals surface area contributed by atoms with Gasteiger partial charge in [0.25, 0.3) is 3.79 Å². The van der Waals surface area contributed by atoms with E-state index in [2.05, 4.69) is 0 Å². The molecule has 0 amide bonds. The molecule has 4 nitrogen and oxygen atoms in total. The van der Waals surface area contributed by atoms with Crippen molar-refractivity contribution in [2.24, 2.45) is 16.2 Å². The maximum Gasteiger partial charge on any atom is 0.358 e. The van der Waals surface area contributed by atoms with Crippen LogP contribution in [-0.2, 0) is 14.3 Å². The minimum absolute atomic E-state index is 0.262. The molecule has 2 aliphatic carbocycles. The van der Waals surface area contributed by atoms with E-state index in [1.807, 2.05) is 20.8 Å². The lowest BCUT2D eigenvalue weighted by Gasteiger charge is -2.39. The highest BCUT2D eigenvalue weighted by atomic mass is 35.6. The van der Waals surface area contributed by atoms with Crippen LogP contribution < -0.4 is 0 Å². The Balaban J connectivity index is 2.33. The van der Waals surface area contributed by atoms with Crippen molar-refractivity contribution in [3.63, 3.8) is 0 Å². The van der Waals surface area contributed by atoms with Gasteiger partial charge in [0.1, 0.15) is 6.10 Å². The molecule has 2 aliphatic rings. The summed E-state index contributed by atoms with van der Waals surface area (Å²) in [4.78, 5) is 23.5. The van der Waals surface area contributed by atoms with Gasteiger partial charge in [-0.05, 0) is 18.3 Å². The largest absolute Gasteiger partial charge is 0.481 e. The lowest BCUT2D eigenvalue weighted by atomic mass is 9.65. The molecule has 0 saturated heterocycles. The summed E-state index contributed by atoms with van der Waals surface area (Å²) in [5.74, 6) is -1.80. The topological polar surface area (TPSA) is 63.6 Å². The quantitative estimate of drug-likeness (QED) is 0.615. The van der Waals surface area contributed by atoms with Crippen LogP contribution >= 0.6 is 34.8 Å². The van der Waals surface area contributed by atoms with Crippen molar-refractivity contribution >= 4 is 46.7 Å². The van der Waals surface area contributed by atoms with Gasteiger partial charge in [-0.2, -0.15) is 0 Å². The number of carboxylic acids is 1. The molecule has 2 fully saturated rings. The van der Waals surface area contributed by atoms with Gasteiger partial charge in [-0.1, -0.05) is 55.6 Å². The minimum Gasteiger partial charge on any atom is -0.481 e. The van der Waals surface area contributed by atoms with Gasteiger partial charge >= 0.3 is 11.9 Å². The van der Waals surface area contributed by atoms with Gasteiger partial charge < -0.3 is 9.84 Å². The van der Waals surface area contributed by atoms with Gasteiger partial charge in [0.2, 0.25) is 0 Å². The fourth-order valence-electron chi connectivity index (χ4n) is 3.94. The lowest BCUT2D eigenvalue weighted by Crippen LogP contribution is -2.41. The Hall–Kier alpha value is -0.190. The van der Waals surface area contributed by atoms with E-state index in [0.717, 1.165) is 0 Å². The van der Waals surface area contributed by atoms with Crippen LogP contribution in [0.25, 0.3) is 0 Å². The van der Waals surface area contributed by atoms with Gasteiger partial charge in [0.05, 0.1) is 5.41 Å². The smallest absolute Gasteiger partial charge is 0.358 e. The van der Waals surface area contributed by atoms with E-state index in [1.54, 1.807) is 0 Å². The number of aliphatic carboxylic acids is 1. The van der Waals surface area contributed by atoms with Crippen LogP contribution in [0.4, 0.5) is 0 Å². The standard InChI is InChI=1S/C13H17Cl3O4/c1-10(2)11(3)4-5-12(10,8(17)18)6-7(11)20-9(19)13(14,15)16/h7H,4-6H2,1-3H3,(H,17,18)/t7-,11-,12+/m0/s1. The normalized spacial score (nSPS) is 38.8. The Bertz CT molecular complexity index is 471. The van der Waals surface area contributed by atoms with Crippen LogP contribution in [0.2, 0.25) is 0 Å². The number of carbonyl (C=O) groups is 2. The van der Waals surface area contributed by atoms with Crippen LogP contribution in [0.3, 0.4) is 0 Å². The first-order valence-electron chi connectivity index (χ1n) is 6.40. The summed E-state index contributed by atoms with van der Waals surface area (Å²) in [6.07, 6.45) is 0.960. The number of hydrogen-bond donors (Lipinski definition) is 1. The number of fused-ring (bicyclic) bond motifs is 2. The van der Waals surface area contributed by atoms with E-state index in [1.165, 1.54) is 0 Å². The van der Waals surface area contributed by atoms with Crippen LogP contribution in [0, 0.1) is 16.2 Å². The number of ether oxygens (including phenoxy) is 1. The van der Waals surface area contributed by atoms with E-state index in [9.17, 15) is 14.7 Å². The molecule has 0 aromatic carbocycles. The molecule has 0 unspecified atom stereocenters. The molecule has 2 rings (SSSR count). The first-order chi connectivity index (χ1) is 8.88. The molecule has 0 aliphatic heterocycles. The number of carbonyl (C=O) groups excluding carboxylic acids is 1. The van der Waals surface area contributed by atoms with Crippen LogP contribution in [0.15, 0.2) is 0 Å². The maximum atomic E-state index is 11.8. The van der Waals surface area contributed by atoms with Gasteiger partial charge in [-0.3, -0.25) is 4.79 Å². The summed E-state index contributed by atoms with van der Waals surface area (Å²) in [6.45, 7) is 5.77. The Morgan fingerprint density at radius 3 is 2.15 bits per heavy atom. The average molecular weight is 344 g/mol. The van der Waals surface area contributed by atoms with Crippen molar-refractivity contribution in [1.82, 2.24) is 0 Å². The third kappa shape index (κ3) is 1.87. The molecule has 3 atom stereocenters. The van der Waals surface area contributed by atoms with E-state index >= 15 is 0 Å². The van der Waals surface area contributed by atoms with Crippen molar-refractivity contribution in [2.45, 2.75) is 49.9 Å². The molecule has 0 heterocycles. The Morgan fingerprint density at radius 2 is 1.75 bits per heavy atom. The van der Waals surface area contributed by atoms with Crippen molar-refractivity contribution < 1.29 is 19.4 Å². The molecular formula is C13H17Cl3O4. The van der Waals surface area contributed by atoms with E-state index in [4.69, 9.17) is 39.5 Å². The summed E-state index contributed by atoms with van der Waals surface area (Å²) in [5.41, 5.74) is -1.82. The molecule has 0 spiro atoms. The minimum atomic E-state index is -2.14. The highest BCUT2D eigenvalue weighted by Crippen LogP contribution is 2.72. The van der Waals surface area contributed by atoms with Gasteiger partial charge in [-0.25, -0.2) is 4.79 Å². The van der Waals surface area contributed by atoms with E-state index in [-0.39, 0.29) is 6.42 Å². The molecular weight excluding hydrogens is 326 g/mol. The van der Waals surface area contributed by atoms with Crippen molar-refractivity contribution in [1.29, 1.82) is 0 Å². The molecule has 2 bridgehead atoms. The zero-order valence-corrected chi connectivity index (χ0v) is 13.8. The lowest BCUT2D eigenvalue weighted by molar-refractivity contribution is -0.158. The SMILES string of the molecule is CC1(C)[C@]2(C(=O)O)CC[C@@]1(C)[C@@H](OC(=O)C(Cl)(Cl)Cl)C2. The van der Waals surface area contributed by atoms with Gasteiger partial charge in [-0.15, -0.1) is 0 Å². The molecule has 20 heavy (non-hydrogen) atoms. The monoisotopic (exact) mass is 342 g/mol. The summed E-state index contributed by atoms with van der Waals surface area (Å²) >= 11 is 16.6. The molecule has 0 radical (unpaired) electrons. The Labute approximate surface area is 132 Å². The van der Waals surface area contributed by atoms with E-state index < -0.39 is 38.1 Å². The first-order valence-corrected chi connectivity index (χ1v) is 7.53. The molecule has 0 aromatic heterocycles. The van der Waals surface area contributed by atoms with Gasteiger partial charge in [0.15, 0.2) is 0 Å². The highest BCUT2D eigenvalue weighted by Gasteiger charge is 2.74. The van der Waals surface area contributed by atoms with Crippen LogP contribution in [0.5, 0.6) is 0 Å². The number of hydrogen-bond acceptors (Lipinski definition) is 3. The van der Waals surface area contributed by atoms with Crippen molar-refractivity contribution in [3.05, 3.63) is 0 Å². The molecule has 7 heteroatoms. The highest BCUT2D eigenvalue weighted by molar-refractivity contribution is 6.75. The van der Waals surface area contributed by atoms with E-state index in [0.29, 0.717) is 12.8 Å². The molecule has 0 aromatic rings. The summed E-state index contributed by atoms with van der Waals surface area (Å²) in [5, 5.41) is 9.63. The van der Waals surface area contributed by atoms with Crippen LogP contribution in [0.1, 0.15) is 40.0 Å². The predicted molar refractivity (Wildman–Crippen MR) is 76.0 cm³/mol. The third-order valence-corrected chi connectivity index (χ3v) is 6.29. The number of esters is 1. The Kier molecular flexibility index (Phi) is 3.56. The van der Waals surface area contributed by atoms with Crippen molar-refractivity contribution in [3.8, 4) is 0 Å². The number of halogens is 3. The molecule has 114 valence electrons.